The third kappa shape index (κ3) is 18.9. The van der Waals surface area contributed by atoms with Crippen molar-refractivity contribution in [3.8, 4) is 20.9 Å². The Hall–Kier alpha value is -4.06. The van der Waals surface area contributed by atoms with Crippen LogP contribution in [0.15, 0.2) is 142 Å². The van der Waals surface area contributed by atoms with Crippen LogP contribution in [0.4, 0.5) is 0 Å². The Kier molecular flexibility index (Phi) is 30.9. The Bertz CT molecular complexity index is 3150. The van der Waals surface area contributed by atoms with Gasteiger partial charge in [0.25, 0.3) is 0 Å². The molecule has 4 heteroatoms. The topological polar surface area (TPSA) is 0 Å². The van der Waals surface area contributed by atoms with Crippen LogP contribution in [-0.4, -0.2) is 0 Å². The van der Waals surface area contributed by atoms with Gasteiger partial charge in [-0.15, -0.1) is 22.7 Å². The van der Waals surface area contributed by atoms with Crippen LogP contribution >= 0.6 is 54.5 Å². The maximum atomic E-state index is 4.11. The number of unbranched alkanes of at least 4 members (excludes halogenated alkanes) is 36. The quantitative estimate of drug-likeness (QED) is 0.0334. The minimum Gasteiger partial charge on any atom is -0.134 e. The van der Waals surface area contributed by atoms with Gasteiger partial charge in [-0.25, -0.2) is 0 Å². The van der Waals surface area contributed by atoms with Gasteiger partial charge in [0, 0.05) is 29.8 Å². The monoisotopic (exact) mass is 1450 g/mol. The fraction of sp³-hybridized carbons (Fsp3) is 0.543. The predicted molar refractivity (Wildman–Crippen MR) is 432 cm³/mol. The Morgan fingerprint density at radius 1 is 0.250 bits per heavy atom. The number of fused-ring (bicyclic) bond motifs is 9. The smallest absolute Gasteiger partial charge is 0.0736 e. The molecule has 0 radical (unpaired) electrons. The van der Waals surface area contributed by atoms with Crippen molar-refractivity contribution in [1.29, 1.82) is 0 Å². The van der Waals surface area contributed by atoms with Crippen LogP contribution in [0.2, 0.25) is 0 Å². The van der Waals surface area contributed by atoms with Gasteiger partial charge >= 0.3 is 0 Å². The molecule has 2 aliphatic rings. The van der Waals surface area contributed by atoms with Crippen LogP contribution in [0.1, 0.15) is 351 Å². The van der Waals surface area contributed by atoms with E-state index in [0.717, 1.165) is 34.6 Å². The normalized spacial score (nSPS) is 13.4. The van der Waals surface area contributed by atoms with Crippen molar-refractivity contribution in [2.75, 3.05) is 0 Å². The van der Waals surface area contributed by atoms with E-state index in [1.807, 2.05) is 0 Å². The minimum atomic E-state index is -0.519. The summed E-state index contributed by atoms with van der Waals surface area (Å²) < 4.78 is 5.22. The second kappa shape index (κ2) is 39.8. The lowest BCUT2D eigenvalue weighted by molar-refractivity contribution is 0.556. The van der Waals surface area contributed by atoms with Gasteiger partial charge in [-0.05, 0) is 142 Å². The lowest BCUT2D eigenvalue weighted by atomic mass is 9.66. The highest BCUT2D eigenvalue weighted by Gasteiger charge is 2.54. The fourth-order valence-electron chi connectivity index (χ4n) is 16.8. The number of halogens is 2. The first-order valence-corrected chi connectivity index (χ1v) is 43.2. The highest BCUT2D eigenvalue weighted by molar-refractivity contribution is 9.10. The molecule has 0 bridgehead atoms. The molecule has 0 spiro atoms. The SMILES string of the molecule is CCCCCCCCCCCCc1ccc(C2(c3ccc(CCCCCCCCCCCC)cc3)c3cc(Br)ccc3-c3sc4c5c(sc4c32)-c2ccc(Br)cc2C5(c2ccc(CCCCCCCCCCCC)cc2)c2ccc(CCCCCCCCCCCC)cc2)cc1. The molecule has 0 aliphatic heterocycles. The van der Waals surface area contributed by atoms with Crippen LogP contribution in [0.25, 0.3) is 30.3 Å². The molecular weight excluding hydrogens is 1330 g/mol. The second-order valence-corrected chi connectivity index (χ2v) is 33.5. The maximum absolute atomic E-state index is 4.11. The van der Waals surface area contributed by atoms with Gasteiger partial charge in [-0.2, -0.15) is 0 Å². The van der Waals surface area contributed by atoms with Crippen molar-refractivity contribution in [3.63, 3.8) is 0 Å². The van der Waals surface area contributed by atoms with Crippen LogP contribution in [0, 0.1) is 0 Å². The summed E-state index contributed by atoms with van der Waals surface area (Å²) in [7, 11) is 0. The standard InChI is InChI=1S/C92H122Br2S2/c1-5-9-13-17-21-25-29-33-37-41-45-71-49-57-75(58-50-71)91(76-59-51-72(52-60-76)46-42-38-34-30-26-22-18-14-10-6-2)83-69-79(93)65-67-81(83)87-85(91)89-90(95-87)86-88(96-89)82-68-66-80(94)70-84(82)92(86,77-61-53-73(54-62-77)47-43-39-35-31-27-23-19-15-11-7-3)78-63-55-74(56-64-78)48-44-40-36-32-28-24-20-16-12-8-4/h49-70H,5-48H2,1-4H3. The molecule has 0 nitrogen and oxygen atoms in total. The number of rotatable bonds is 48. The van der Waals surface area contributed by atoms with Gasteiger partial charge in [0.15, 0.2) is 0 Å². The van der Waals surface area contributed by atoms with E-state index in [1.165, 1.54) is 354 Å². The average molecular weight is 1450 g/mol. The van der Waals surface area contributed by atoms with E-state index in [4.69, 9.17) is 0 Å². The van der Waals surface area contributed by atoms with E-state index in [0.29, 0.717) is 0 Å². The summed E-state index contributed by atoms with van der Waals surface area (Å²) in [4.78, 5) is 2.88. The molecule has 2 aromatic heterocycles. The van der Waals surface area contributed by atoms with Crippen molar-refractivity contribution < 1.29 is 0 Å². The molecule has 8 aromatic rings. The summed E-state index contributed by atoms with van der Waals surface area (Å²) in [5.74, 6) is 0. The molecule has 0 amide bonds. The van der Waals surface area contributed by atoms with E-state index in [1.54, 1.807) is 0 Å². The second-order valence-electron chi connectivity index (χ2n) is 29.7. The molecule has 0 saturated heterocycles. The molecule has 96 heavy (non-hydrogen) atoms. The van der Waals surface area contributed by atoms with Crippen molar-refractivity contribution in [2.45, 2.75) is 321 Å². The first-order chi connectivity index (χ1) is 47.4. The van der Waals surface area contributed by atoms with Crippen molar-refractivity contribution >= 4 is 63.9 Å². The van der Waals surface area contributed by atoms with Gasteiger partial charge in [-0.3, -0.25) is 0 Å². The number of thiophene rings is 2. The summed E-state index contributed by atoms with van der Waals surface area (Å²) in [5.41, 5.74) is 18.9. The Labute approximate surface area is 610 Å². The number of hydrogen-bond acceptors (Lipinski definition) is 2. The van der Waals surface area contributed by atoms with Gasteiger partial charge in [0.05, 0.1) is 20.2 Å². The van der Waals surface area contributed by atoms with Crippen LogP contribution in [-0.2, 0) is 36.5 Å². The highest BCUT2D eigenvalue weighted by Crippen LogP contribution is 2.68. The zero-order chi connectivity index (χ0) is 66.6. The van der Waals surface area contributed by atoms with E-state index in [2.05, 4.69) is 216 Å². The summed E-state index contributed by atoms with van der Waals surface area (Å²) in [6.45, 7) is 9.28. The summed E-state index contributed by atoms with van der Waals surface area (Å²) >= 11 is 12.4. The third-order valence-electron chi connectivity index (χ3n) is 22.4. The van der Waals surface area contributed by atoms with E-state index >= 15 is 0 Å². The Morgan fingerprint density at radius 3 is 0.677 bits per heavy atom. The zero-order valence-corrected chi connectivity index (χ0v) is 65.2. The van der Waals surface area contributed by atoms with Gasteiger partial charge < -0.3 is 0 Å². The summed E-state index contributed by atoms with van der Waals surface area (Å²) in [5, 5.41) is 0. The van der Waals surface area contributed by atoms with E-state index in [-0.39, 0.29) is 0 Å². The van der Waals surface area contributed by atoms with Crippen LogP contribution in [0.5, 0.6) is 0 Å². The predicted octanol–water partition coefficient (Wildman–Crippen LogP) is 31.1. The molecule has 0 N–H and O–H groups in total. The molecule has 6 aromatic carbocycles. The molecule has 0 saturated carbocycles. The number of aryl methyl sites for hydroxylation is 4. The van der Waals surface area contributed by atoms with Crippen LogP contribution in [0.3, 0.4) is 0 Å². The molecule has 2 heterocycles. The van der Waals surface area contributed by atoms with Gasteiger partial charge in [0.2, 0.25) is 0 Å². The van der Waals surface area contributed by atoms with E-state index in [9.17, 15) is 0 Å². The maximum Gasteiger partial charge on any atom is 0.0736 e. The highest BCUT2D eigenvalue weighted by atomic mass is 79.9. The lowest BCUT2D eigenvalue weighted by Gasteiger charge is -2.35. The molecule has 0 atom stereocenters. The van der Waals surface area contributed by atoms with E-state index < -0.39 is 10.8 Å². The molecular formula is C92H122Br2S2. The van der Waals surface area contributed by atoms with Gasteiger partial charge in [-0.1, -0.05) is 400 Å². The van der Waals surface area contributed by atoms with Crippen molar-refractivity contribution in [1.82, 2.24) is 0 Å². The fourth-order valence-corrected chi connectivity index (χ4v) is 20.7. The Balaban J connectivity index is 1.02. The molecule has 0 unspecified atom stereocenters. The minimum absolute atomic E-state index is 0.519. The number of hydrogen-bond donors (Lipinski definition) is 0. The van der Waals surface area contributed by atoms with Crippen molar-refractivity contribution in [3.05, 3.63) is 209 Å². The molecule has 516 valence electrons. The summed E-state index contributed by atoms with van der Waals surface area (Å²) in [6, 6.07) is 55.1. The summed E-state index contributed by atoms with van der Waals surface area (Å²) in [6.07, 6.45) is 59.2. The average Bonchev–Trinajstić information content (AvgIpc) is 1.49. The molecule has 10 rings (SSSR count). The van der Waals surface area contributed by atoms with Crippen molar-refractivity contribution in [2.24, 2.45) is 0 Å². The first-order valence-electron chi connectivity index (χ1n) is 39.9. The largest absolute Gasteiger partial charge is 0.134 e. The third-order valence-corrected chi connectivity index (χ3v) is 26.0. The molecule has 2 aliphatic carbocycles. The Morgan fingerprint density at radius 2 is 0.458 bits per heavy atom. The zero-order valence-electron chi connectivity index (χ0n) is 60.4. The first kappa shape index (κ1) is 74.6. The van der Waals surface area contributed by atoms with Gasteiger partial charge in [0.1, 0.15) is 0 Å². The lowest BCUT2D eigenvalue weighted by Crippen LogP contribution is -2.29. The molecule has 0 fully saturated rings. The van der Waals surface area contributed by atoms with Crippen LogP contribution < -0.4 is 0 Å². The number of benzene rings is 6.